The van der Waals surface area contributed by atoms with Gasteiger partial charge in [-0.15, -0.1) is 0 Å². The zero-order valence-electron chi connectivity index (χ0n) is 17.2. The van der Waals surface area contributed by atoms with Crippen LogP contribution in [0.25, 0.3) is 0 Å². The quantitative estimate of drug-likeness (QED) is 0.376. The molecule has 0 atom stereocenters. The average molecular weight is 409 g/mol. The Balaban J connectivity index is 1.76. The number of nitrogens with zero attached hydrogens (tertiary/aromatic N) is 1. The van der Waals surface area contributed by atoms with E-state index in [1.54, 1.807) is 18.2 Å². The topological polar surface area (TPSA) is 90.0 Å². The summed E-state index contributed by atoms with van der Waals surface area (Å²) in [6.45, 7) is 3.68. The molecule has 7 nitrogen and oxygen atoms in total. The Labute approximate surface area is 174 Å². The molecule has 0 radical (unpaired) electrons. The van der Waals surface area contributed by atoms with Crippen molar-refractivity contribution >= 4 is 23.6 Å². The predicted octanol–water partition coefficient (Wildman–Crippen LogP) is 3.65. The van der Waals surface area contributed by atoms with E-state index in [-0.39, 0.29) is 29.4 Å². The molecule has 0 unspecified atom stereocenters. The van der Waals surface area contributed by atoms with Crippen LogP contribution in [0, 0.1) is 0 Å². The van der Waals surface area contributed by atoms with Crippen LogP contribution in [0.15, 0.2) is 36.4 Å². The van der Waals surface area contributed by atoms with Crippen molar-refractivity contribution in [3.05, 3.63) is 64.2 Å². The van der Waals surface area contributed by atoms with E-state index in [1.165, 1.54) is 37.1 Å². The highest BCUT2D eigenvalue weighted by Gasteiger charge is 2.35. The third kappa shape index (κ3) is 4.10. The Hall–Kier alpha value is -3.48. The van der Waals surface area contributed by atoms with Crippen molar-refractivity contribution in [2.75, 3.05) is 13.7 Å². The molecular weight excluding hydrogens is 386 g/mol. The molecule has 2 aromatic rings. The number of fused-ring (bicyclic) bond motifs is 1. The summed E-state index contributed by atoms with van der Waals surface area (Å²) in [5.74, 6) is -0.989. The molecule has 0 aliphatic carbocycles. The van der Waals surface area contributed by atoms with Crippen LogP contribution in [-0.2, 0) is 11.3 Å². The number of ether oxygens (including phenoxy) is 2. The Morgan fingerprint density at radius 1 is 0.967 bits per heavy atom. The monoisotopic (exact) mass is 409 g/mol. The highest BCUT2D eigenvalue weighted by molar-refractivity contribution is 6.21. The van der Waals surface area contributed by atoms with E-state index in [2.05, 4.69) is 0 Å². The van der Waals surface area contributed by atoms with Gasteiger partial charge in [0.05, 0.1) is 23.8 Å². The molecule has 2 amide bonds. The van der Waals surface area contributed by atoms with E-state index in [1.807, 2.05) is 6.92 Å². The summed E-state index contributed by atoms with van der Waals surface area (Å²) in [4.78, 5) is 50.3. The number of unbranched alkanes of at least 4 members (excludes halogenated alkanes) is 1. The lowest BCUT2D eigenvalue weighted by Gasteiger charge is -2.12. The fourth-order valence-electron chi connectivity index (χ4n) is 3.27. The van der Waals surface area contributed by atoms with E-state index in [4.69, 9.17) is 9.47 Å². The van der Waals surface area contributed by atoms with E-state index < -0.39 is 11.9 Å². The Kier molecular flexibility index (Phi) is 6.30. The summed E-state index contributed by atoms with van der Waals surface area (Å²) in [5.41, 5.74) is 1.71. The number of amides is 2. The molecule has 0 fully saturated rings. The lowest BCUT2D eigenvalue weighted by atomic mass is 10.1. The molecule has 7 heteroatoms. The number of methoxy groups -OCH3 is 1. The first-order valence-corrected chi connectivity index (χ1v) is 9.72. The lowest BCUT2D eigenvalue weighted by Crippen LogP contribution is -2.30. The fourth-order valence-corrected chi connectivity index (χ4v) is 3.27. The van der Waals surface area contributed by atoms with Crippen molar-refractivity contribution in [1.29, 1.82) is 0 Å². The molecule has 0 aromatic heterocycles. The second kappa shape index (κ2) is 8.90. The van der Waals surface area contributed by atoms with E-state index in [0.717, 1.165) is 12.8 Å². The summed E-state index contributed by atoms with van der Waals surface area (Å²) < 4.78 is 10.6. The molecule has 0 spiro atoms. The SMILES string of the molecule is CCCCN1C(=O)c2ccc(C(=O)OCc3cc(C(C)=O)ccc3OC)cc2C1=O. The maximum atomic E-state index is 12.6. The Morgan fingerprint density at radius 3 is 2.33 bits per heavy atom. The molecule has 0 bridgehead atoms. The van der Waals surface area contributed by atoms with Crippen LogP contribution in [0.4, 0.5) is 0 Å². The molecule has 30 heavy (non-hydrogen) atoms. The van der Waals surface area contributed by atoms with Crippen molar-refractivity contribution in [2.45, 2.75) is 33.3 Å². The summed E-state index contributed by atoms with van der Waals surface area (Å²) >= 11 is 0. The van der Waals surface area contributed by atoms with Crippen molar-refractivity contribution in [3.63, 3.8) is 0 Å². The molecule has 3 rings (SSSR count). The number of carbonyl (C=O) groups is 4. The smallest absolute Gasteiger partial charge is 0.338 e. The van der Waals surface area contributed by atoms with Crippen LogP contribution < -0.4 is 4.74 Å². The number of Topliss-reactive ketones (excluding diaryl/α,β-unsaturated/α-hetero) is 1. The van der Waals surface area contributed by atoms with Crippen molar-refractivity contribution in [3.8, 4) is 5.75 Å². The number of carbonyl (C=O) groups excluding carboxylic acids is 4. The number of imide groups is 1. The second-order valence-electron chi connectivity index (χ2n) is 7.03. The normalized spacial score (nSPS) is 12.7. The molecule has 0 N–H and O–H groups in total. The molecule has 0 saturated carbocycles. The summed E-state index contributed by atoms with van der Waals surface area (Å²) in [6.07, 6.45) is 1.58. The summed E-state index contributed by atoms with van der Waals surface area (Å²) in [5, 5.41) is 0. The largest absolute Gasteiger partial charge is 0.496 e. The van der Waals surface area contributed by atoms with Gasteiger partial charge in [0.25, 0.3) is 11.8 Å². The highest BCUT2D eigenvalue weighted by atomic mass is 16.5. The van der Waals surface area contributed by atoms with Crippen molar-refractivity contribution < 1.29 is 28.7 Å². The standard InChI is InChI=1S/C23H23NO6/c1-4-5-10-24-21(26)18-8-6-16(12-19(18)22(24)27)23(28)30-13-17-11-15(14(2)25)7-9-20(17)29-3/h6-9,11-12H,4-5,10,13H2,1-3H3. The van der Waals surface area contributed by atoms with Crippen molar-refractivity contribution in [1.82, 2.24) is 4.90 Å². The van der Waals surface area contributed by atoms with E-state index in [9.17, 15) is 19.2 Å². The maximum absolute atomic E-state index is 12.6. The molecule has 0 saturated heterocycles. The number of esters is 1. The first-order valence-electron chi connectivity index (χ1n) is 9.72. The van der Waals surface area contributed by atoms with Gasteiger partial charge in [-0.3, -0.25) is 19.3 Å². The fraction of sp³-hybridized carbons (Fsp3) is 0.304. The van der Waals surface area contributed by atoms with Gasteiger partial charge in [-0.05, 0) is 49.7 Å². The summed E-state index contributed by atoms with van der Waals surface area (Å²) in [6, 6.07) is 9.25. The van der Waals surface area contributed by atoms with Gasteiger partial charge >= 0.3 is 5.97 Å². The number of hydrogen-bond acceptors (Lipinski definition) is 6. The molecule has 1 heterocycles. The van der Waals surface area contributed by atoms with E-state index >= 15 is 0 Å². The summed E-state index contributed by atoms with van der Waals surface area (Å²) in [7, 11) is 1.49. The second-order valence-corrected chi connectivity index (χ2v) is 7.03. The number of benzene rings is 2. The van der Waals surface area contributed by atoms with Gasteiger partial charge in [-0.1, -0.05) is 13.3 Å². The first-order chi connectivity index (χ1) is 14.4. The average Bonchev–Trinajstić information content (AvgIpc) is 2.99. The van der Waals surface area contributed by atoms with E-state index in [0.29, 0.717) is 29.0 Å². The van der Waals surface area contributed by atoms with Gasteiger partial charge < -0.3 is 9.47 Å². The Bertz CT molecular complexity index is 1030. The highest BCUT2D eigenvalue weighted by Crippen LogP contribution is 2.26. The third-order valence-electron chi connectivity index (χ3n) is 4.99. The van der Waals surface area contributed by atoms with Gasteiger partial charge in [0.15, 0.2) is 5.78 Å². The minimum absolute atomic E-state index is 0.101. The minimum atomic E-state index is -0.639. The van der Waals surface area contributed by atoms with Crippen LogP contribution in [-0.4, -0.2) is 42.1 Å². The number of rotatable bonds is 8. The van der Waals surface area contributed by atoms with Crippen LogP contribution >= 0.6 is 0 Å². The molecule has 156 valence electrons. The lowest BCUT2D eigenvalue weighted by molar-refractivity contribution is 0.0469. The third-order valence-corrected chi connectivity index (χ3v) is 4.99. The minimum Gasteiger partial charge on any atom is -0.496 e. The van der Waals surface area contributed by atoms with Gasteiger partial charge in [-0.25, -0.2) is 4.79 Å². The molecule has 1 aliphatic heterocycles. The zero-order valence-corrected chi connectivity index (χ0v) is 17.2. The van der Waals surface area contributed by atoms with Gasteiger partial charge in [0.2, 0.25) is 0 Å². The van der Waals surface area contributed by atoms with Gasteiger partial charge in [0.1, 0.15) is 12.4 Å². The van der Waals surface area contributed by atoms with Crippen LogP contribution in [0.3, 0.4) is 0 Å². The van der Waals surface area contributed by atoms with Crippen LogP contribution in [0.1, 0.15) is 73.7 Å². The van der Waals surface area contributed by atoms with Crippen molar-refractivity contribution in [2.24, 2.45) is 0 Å². The number of ketones is 1. The predicted molar refractivity (Wildman–Crippen MR) is 109 cm³/mol. The molecule has 1 aliphatic rings. The van der Waals surface area contributed by atoms with Crippen LogP contribution in [0.5, 0.6) is 5.75 Å². The number of hydrogen-bond donors (Lipinski definition) is 0. The van der Waals surface area contributed by atoms with Gasteiger partial charge in [0, 0.05) is 17.7 Å². The van der Waals surface area contributed by atoms with Crippen LogP contribution in [0.2, 0.25) is 0 Å². The Morgan fingerprint density at radius 2 is 1.67 bits per heavy atom. The molecular formula is C23H23NO6. The molecule has 2 aromatic carbocycles. The maximum Gasteiger partial charge on any atom is 0.338 e. The van der Waals surface area contributed by atoms with Gasteiger partial charge in [-0.2, -0.15) is 0 Å². The first kappa shape index (κ1) is 21.2. The zero-order chi connectivity index (χ0) is 21.8.